The normalized spacial score (nSPS) is 49.1. The lowest BCUT2D eigenvalue weighted by Gasteiger charge is -2.43. The molecule has 9 atom stereocenters. The van der Waals surface area contributed by atoms with Crippen LogP contribution in [0, 0.1) is 53.3 Å². The monoisotopic (exact) mass is 390 g/mol. The highest BCUT2D eigenvalue weighted by Crippen LogP contribution is 2.60. The average Bonchev–Trinajstić information content (AvgIpc) is 3.16. The molecule has 158 valence electrons. The van der Waals surface area contributed by atoms with Gasteiger partial charge in [-0.05, 0) is 83.6 Å². The summed E-state index contributed by atoms with van der Waals surface area (Å²) >= 11 is 0. The molecule has 0 spiro atoms. The van der Waals surface area contributed by atoms with Crippen molar-refractivity contribution in [3.63, 3.8) is 0 Å². The summed E-state index contributed by atoms with van der Waals surface area (Å²) in [6.45, 7) is 23.4. The summed E-state index contributed by atoms with van der Waals surface area (Å²) in [5.74, 6) is 8.74. The summed E-state index contributed by atoms with van der Waals surface area (Å²) in [7, 11) is -1.22. The Morgan fingerprint density at radius 1 is 0.704 bits per heavy atom. The predicted molar refractivity (Wildman–Crippen MR) is 124 cm³/mol. The number of hydrogen-bond donors (Lipinski definition) is 0. The van der Waals surface area contributed by atoms with Crippen LogP contribution in [0.1, 0.15) is 87.0 Å². The third kappa shape index (κ3) is 3.97. The molecule has 0 saturated heterocycles. The first-order valence-corrected chi connectivity index (χ1v) is 15.7. The maximum atomic E-state index is 2.80. The topological polar surface area (TPSA) is 0 Å². The summed E-state index contributed by atoms with van der Waals surface area (Å²) in [5, 5.41) is 0. The molecule has 0 aromatic heterocycles. The van der Waals surface area contributed by atoms with Crippen LogP contribution >= 0.6 is 0 Å². The van der Waals surface area contributed by atoms with Crippen molar-refractivity contribution in [1.82, 2.24) is 0 Å². The summed E-state index contributed by atoms with van der Waals surface area (Å²) in [6.07, 6.45) is 9.26. The van der Waals surface area contributed by atoms with E-state index in [-0.39, 0.29) is 0 Å². The van der Waals surface area contributed by atoms with E-state index < -0.39 is 8.07 Å². The van der Waals surface area contributed by atoms with Crippen molar-refractivity contribution < 1.29 is 0 Å². The minimum absolute atomic E-state index is 0.892. The van der Waals surface area contributed by atoms with E-state index in [1.54, 1.807) is 19.3 Å². The van der Waals surface area contributed by atoms with Crippen LogP contribution in [-0.4, -0.2) is 8.07 Å². The smallest absolute Gasteiger partial charge is 0.0541 e. The van der Waals surface area contributed by atoms with Crippen LogP contribution < -0.4 is 0 Å². The maximum absolute atomic E-state index is 2.80. The van der Waals surface area contributed by atoms with Crippen molar-refractivity contribution in [3.8, 4) is 0 Å². The van der Waals surface area contributed by atoms with Crippen LogP contribution in [0.5, 0.6) is 0 Å². The van der Waals surface area contributed by atoms with Gasteiger partial charge < -0.3 is 0 Å². The fourth-order valence-corrected chi connectivity index (χ4v) is 14.3. The Bertz CT molecular complexity index is 480. The second-order valence-electron chi connectivity index (χ2n) is 12.5. The highest BCUT2D eigenvalue weighted by atomic mass is 28.3. The van der Waals surface area contributed by atoms with Gasteiger partial charge in [0.1, 0.15) is 0 Å². The van der Waals surface area contributed by atoms with E-state index in [0.717, 1.165) is 64.3 Å². The van der Waals surface area contributed by atoms with Gasteiger partial charge in [0.25, 0.3) is 0 Å². The Hall–Kier alpha value is 0.217. The summed E-state index contributed by atoms with van der Waals surface area (Å²) in [5.41, 5.74) is 2.15. The SMILES string of the molecule is CC1C(C)C(C)C([Si](C)(C)C2CCC([C@H]3C[C@H](C)CC[C@H]3C(C)C)C2)C1C. The van der Waals surface area contributed by atoms with Gasteiger partial charge in [-0.15, -0.1) is 0 Å². The van der Waals surface area contributed by atoms with Gasteiger partial charge in [-0.1, -0.05) is 80.8 Å². The molecule has 0 heterocycles. The molecule has 0 amide bonds. The van der Waals surface area contributed by atoms with Crippen molar-refractivity contribution in [2.75, 3.05) is 0 Å². The van der Waals surface area contributed by atoms with Gasteiger partial charge in [0.15, 0.2) is 0 Å². The van der Waals surface area contributed by atoms with Crippen molar-refractivity contribution in [2.45, 2.75) is 111 Å². The van der Waals surface area contributed by atoms with Gasteiger partial charge in [-0.25, -0.2) is 0 Å². The molecule has 3 aliphatic carbocycles. The van der Waals surface area contributed by atoms with Crippen LogP contribution in [0.3, 0.4) is 0 Å². The van der Waals surface area contributed by atoms with Gasteiger partial charge in [-0.3, -0.25) is 0 Å². The van der Waals surface area contributed by atoms with Gasteiger partial charge in [-0.2, -0.15) is 0 Å². The van der Waals surface area contributed by atoms with Gasteiger partial charge >= 0.3 is 0 Å². The zero-order valence-electron chi connectivity index (χ0n) is 20.1. The van der Waals surface area contributed by atoms with E-state index in [2.05, 4.69) is 61.6 Å². The molecule has 3 aliphatic rings. The molecule has 27 heavy (non-hydrogen) atoms. The molecular weight excluding hydrogens is 340 g/mol. The highest BCUT2D eigenvalue weighted by Gasteiger charge is 2.53. The van der Waals surface area contributed by atoms with Gasteiger partial charge in [0.05, 0.1) is 8.07 Å². The molecule has 0 nitrogen and oxygen atoms in total. The van der Waals surface area contributed by atoms with Crippen molar-refractivity contribution in [3.05, 3.63) is 0 Å². The molecule has 0 aromatic rings. The summed E-state index contributed by atoms with van der Waals surface area (Å²) in [4.78, 5) is 0. The molecule has 0 N–H and O–H groups in total. The zero-order chi connectivity index (χ0) is 20.1. The Kier molecular flexibility index (Phi) is 6.62. The predicted octanol–water partition coefficient (Wildman–Crippen LogP) is 8.50. The summed E-state index contributed by atoms with van der Waals surface area (Å²) < 4.78 is 0. The third-order valence-corrected chi connectivity index (χ3v) is 16.1. The molecule has 3 saturated carbocycles. The molecule has 6 unspecified atom stereocenters. The van der Waals surface area contributed by atoms with Gasteiger partial charge in [0, 0.05) is 0 Å². The lowest BCUT2D eigenvalue weighted by Crippen LogP contribution is -2.41. The number of hydrogen-bond acceptors (Lipinski definition) is 0. The third-order valence-electron chi connectivity index (χ3n) is 10.7. The second-order valence-corrected chi connectivity index (χ2v) is 17.7. The van der Waals surface area contributed by atoms with Crippen LogP contribution in [0.25, 0.3) is 0 Å². The first-order chi connectivity index (χ1) is 12.6. The first-order valence-electron chi connectivity index (χ1n) is 12.6. The highest BCUT2D eigenvalue weighted by molar-refractivity contribution is 6.80. The van der Waals surface area contributed by atoms with Crippen molar-refractivity contribution in [2.24, 2.45) is 53.3 Å². The van der Waals surface area contributed by atoms with E-state index >= 15 is 0 Å². The van der Waals surface area contributed by atoms with E-state index in [1.165, 1.54) is 19.3 Å². The average molecular weight is 391 g/mol. The Morgan fingerprint density at radius 3 is 1.85 bits per heavy atom. The largest absolute Gasteiger partial charge is 0.0689 e. The lowest BCUT2D eigenvalue weighted by atomic mass is 9.65. The van der Waals surface area contributed by atoms with Crippen molar-refractivity contribution in [1.29, 1.82) is 0 Å². The fraction of sp³-hybridized carbons (Fsp3) is 1.00. The fourth-order valence-electron chi connectivity index (χ4n) is 8.62. The van der Waals surface area contributed by atoms with Crippen LogP contribution in [0.2, 0.25) is 24.2 Å². The standard InChI is InChI=1S/C26H50Si/c1-16(2)24-13-10-17(3)14-25(24)22-11-12-23(15-22)27(8,9)26-20(6)18(4)19(5)21(26)7/h16-26H,10-15H2,1-9H3/t17-,18?,19?,20?,21?,22?,23?,24+,25-,26?/m1/s1. The minimum atomic E-state index is -1.22. The Balaban J connectivity index is 1.72. The number of rotatable bonds is 4. The first kappa shape index (κ1) is 21.9. The molecule has 0 bridgehead atoms. The van der Waals surface area contributed by atoms with Crippen molar-refractivity contribution >= 4 is 8.07 Å². The molecule has 0 aromatic carbocycles. The molecule has 1 heteroatoms. The molecule has 3 fully saturated rings. The van der Waals surface area contributed by atoms with E-state index in [0.29, 0.717) is 0 Å². The van der Waals surface area contributed by atoms with E-state index in [9.17, 15) is 0 Å². The molecule has 3 rings (SSSR count). The van der Waals surface area contributed by atoms with Crippen LogP contribution in [-0.2, 0) is 0 Å². The quantitative estimate of drug-likeness (QED) is 0.422. The molecule has 0 aliphatic heterocycles. The van der Waals surface area contributed by atoms with Gasteiger partial charge in [0.2, 0.25) is 0 Å². The van der Waals surface area contributed by atoms with Crippen LogP contribution in [0.4, 0.5) is 0 Å². The molecular formula is C26H50Si. The Morgan fingerprint density at radius 2 is 1.30 bits per heavy atom. The second kappa shape index (κ2) is 8.15. The van der Waals surface area contributed by atoms with E-state index in [1.807, 2.05) is 0 Å². The lowest BCUT2D eigenvalue weighted by molar-refractivity contribution is 0.0939. The van der Waals surface area contributed by atoms with Crippen LogP contribution in [0.15, 0.2) is 0 Å². The minimum Gasteiger partial charge on any atom is -0.0689 e. The maximum Gasteiger partial charge on any atom is 0.0541 e. The zero-order valence-corrected chi connectivity index (χ0v) is 21.1. The Labute approximate surface area is 172 Å². The summed E-state index contributed by atoms with van der Waals surface area (Å²) in [6, 6.07) is 0. The molecule has 0 radical (unpaired) electrons. The van der Waals surface area contributed by atoms with E-state index in [4.69, 9.17) is 0 Å².